The highest BCUT2D eigenvalue weighted by atomic mass is 16.1. The number of nitrogens with one attached hydrogen (secondary N) is 2. The van der Waals surface area contributed by atoms with E-state index in [0.717, 1.165) is 34.5 Å². The van der Waals surface area contributed by atoms with Crippen LogP contribution in [-0.4, -0.2) is 29.0 Å². The van der Waals surface area contributed by atoms with Crippen molar-refractivity contribution in [2.24, 2.45) is 0 Å². The van der Waals surface area contributed by atoms with Crippen LogP contribution >= 0.6 is 0 Å². The molecule has 0 aliphatic carbocycles. The Morgan fingerprint density at radius 1 is 1.35 bits per heavy atom. The maximum Gasteiger partial charge on any atom is 0.269 e. The monoisotopic (exact) mass is 353 g/mol. The topological polar surface area (TPSA) is 92.9 Å². The smallest absolute Gasteiger partial charge is 0.269 e. The fourth-order valence-electron chi connectivity index (χ4n) is 2.54. The molecule has 6 nitrogen and oxygen atoms in total. The second kappa shape index (κ2) is 8.47. The van der Waals surface area contributed by atoms with Crippen molar-refractivity contribution in [1.82, 2.24) is 20.6 Å². The third kappa shape index (κ3) is 4.59. The van der Waals surface area contributed by atoms with Gasteiger partial charge in [-0.3, -0.25) is 9.78 Å². The Bertz CT molecular complexity index is 816. The summed E-state index contributed by atoms with van der Waals surface area (Å²) >= 11 is 0. The zero-order valence-electron chi connectivity index (χ0n) is 15.9. The average molecular weight is 353 g/mol. The molecule has 1 atom stereocenters. The van der Waals surface area contributed by atoms with Crippen molar-refractivity contribution >= 4 is 17.3 Å². The molecule has 0 aliphatic heterocycles. The molecule has 6 heteroatoms. The van der Waals surface area contributed by atoms with Crippen LogP contribution in [0.2, 0.25) is 0 Å². The van der Waals surface area contributed by atoms with E-state index < -0.39 is 0 Å². The van der Waals surface area contributed by atoms with E-state index in [1.807, 2.05) is 13.0 Å². The molecule has 0 aromatic carbocycles. The third-order valence-electron chi connectivity index (χ3n) is 4.45. The molecule has 2 aromatic rings. The van der Waals surface area contributed by atoms with E-state index >= 15 is 0 Å². The van der Waals surface area contributed by atoms with Gasteiger partial charge in [0.15, 0.2) is 0 Å². The largest absolute Gasteiger partial charge is 0.397 e. The summed E-state index contributed by atoms with van der Waals surface area (Å²) in [5, 5.41) is 5.98. The number of nitrogen functional groups attached to an aromatic ring is 1. The van der Waals surface area contributed by atoms with Gasteiger partial charge in [0.1, 0.15) is 5.69 Å². The molecule has 0 fully saturated rings. The number of anilines is 1. The first kappa shape index (κ1) is 19.4. The van der Waals surface area contributed by atoms with E-state index in [-0.39, 0.29) is 5.91 Å². The van der Waals surface area contributed by atoms with E-state index in [1.165, 1.54) is 0 Å². The Morgan fingerprint density at radius 2 is 2.08 bits per heavy atom. The summed E-state index contributed by atoms with van der Waals surface area (Å²) in [4.78, 5) is 20.8. The zero-order valence-corrected chi connectivity index (χ0v) is 15.9. The van der Waals surface area contributed by atoms with Crippen molar-refractivity contribution in [3.8, 4) is 0 Å². The number of amides is 1. The predicted octanol–water partition coefficient (Wildman–Crippen LogP) is 2.68. The van der Waals surface area contributed by atoms with Crippen molar-refractivity contribution in [1.29, 1.82) is 0 Å². The Hall–Kier alpha value is -2.89. The van der Waals surface area contributed by atoms with Gasteiger partial charge in [0.2, 0.25) is 0 Å². The number of rotatable bonds is 7. The standard InChI is InChI=1S/C20H27N5O/c1-6-12(2)24-14(4)15-7-17(25-19(9-15)20(26)22-5)8-16-10-23-11-18(21)13(16)3/h7,9-12,24H,4,6,8,21H2,1-3,5H3,(H,22,26). The molecule has 0 saturated carbocycles. The Morgan fingerprint density at radius 3 is 2.73 bits per heavy atom. The van der Waals surface area contributed by atoms with Gasteiger partial charge in [-0.05, 0) is 43.5 Å². The highest BCUT2D eigenvalue weighted by Crippen LogP contribution is 2.20. The number of hydrogen-bond donors (Lipinski definition) is 3. The predicted molar refractivity (Wildman–Crippen MR) is 106 cm³/mol. The number of pyridine rings is 2. The maximum absolute atomic E-state index is 12.1. The zero-order chi connectivity index (χ0) is 19.3. The lowest BCUT2D eigenvalue weighted by atomic mass is 10.0. The fourth-order valence-corrected chi connectivity index (χ4v) is 2.54. The quantitative estimate of drug-likeness (QED) is 0.712. The van der Waals surface area contributed by atoms with Crippen molar-refractivity contribution in [2.75, 3.05) is 12.8 Å². The average Bonchev–Trinajstić information content (AvgIpc) is 2.64. The molecule has 2 heterocycles. The first-order valence-electron chi connectivity index (χ1n) is 8.73. The number of carbonyl (C=O) groups excluding carboxylic acids is 1. The summed E-state index contributed by atoms with van der Waals surface area (Å²) in [5.74, 6) is -0.230. The van der Waals surface area contributed by atoms with Gasteiger partial charge >= 0.3 is 0 Å². The van der Waals surface area contributed by atoms with Crippen LogP contribution < -0.4 is 16.4 Å². The van der Waals surface area contributed by atoms with Gasteiger partial charge in [-0.2, -0.15) is 0 Å². The summed E-state index contributed by atoms with van der Waals surface area (Å²) in [5.41, 5.74) is 11.3. The molecule has 2 rings (SSSR count). The van der Waals surface area contributed by atoms with Gasteiger partial charge < -0.3 is 16.4 Å². The lowest BCUT2D eigenvalue weighted by Gasteiger charge is -2.17. The molecular weight excluding hydrogens is 326 g/mol. The van der Waals surface area contributed by atoms with Crippen LogP contribution in [-0.2, 0) is 6.42 Å². The molecule has 0 saturated heterocycles. The SMILES string of the molecule is C=C(NC(C)CC)c1cc(Cc2cncc(N)c2C)nc(C(=O)NC)c1. The number of nitrogens with zero attached hydrogens (tertiary/aromatic N) is 2. The molecule has 0 bridgehead atoms. The van der Waals surface area contributed by atoms with Gasteiger partial charge in [-0.25, -0.2) is 4.98 Å². The van der Waals surface area contributed by atoms with Crippen LogP contribution in [0.3, 0.4) is 0 Å². The molecule has 2 aromatic heterocycles. The van der Waals surface area contributed by atoms with Crippen molar-refractivity contribution in [3.05, 3.63) is 59.2 Å². The molecule has 1 amide bonds. The number of hydrogen-bond acceptors (Lipinski definition) is 5. The molecule has 1 unspecified atom stereocenters. The van der Waals surface area contributed by atoms with Gasteiger partial charge in [-0.15, -0.1) is 0 Å². The lowest BCUT2D eigenvalue weighted by Crippen LogP contribution is -2.24. The lowest BCUT2D eigenvalue weighted by molar-refractivity contribution is 0.0958. The molecular formula is C20H27N5O. The first-order chi connectivity index (χ1) is 12.3. The van der Waals surface area contributed by atoms with Crippen LogP contribution in [0.5, 0.6) is 0 Å². The van der Waals surface area contributed by atoms with Crippen molar-refractivity contribution in [2.45, 2.75) is 39.7 Å². The van der Waals surface area contributed by atoms with Gasteiger partial charge in [-0.1, -0.05) is 13.5 Å². The maximum atomic E-state index is 12.1. The van der Waals surface area contributed by atoms with Crippen LogP contribution in [0.25, 0.3) is 5.70 Å². The van der Waals surface area contributed by atoms with Gasteiger partial charge in [0.25, 0.3) is 5.91 Å². The minimum Gasteiger partial charge on any atom is -0.397 e. The number of nitrogens with two attached hydrogens (primary N) is 1. The van der Waals surface area contributed by atoms with Gasteiger partial charge in [0, 0.05) is 42.7 Å². The van der Waals surface area contributed by atoms with Gasteiger partial charge in [0.05, 0.1) is 11.9 Å². The van der Waals surface area contributed by atoms with Crippen molar-refractivity contribution < 1.29 is 4.79 Å². The molecule has 0 aliphatic rings. The van der Waals surface area contributed by atoms with E-state index in [1.54, 1.807) is 25.5 Å². The van der Waals surface area contributed by atoms with E-state index in [2.05, 4.69) is 41.0 Å². The van der Waals surface area contributed by atoms with Crippen LogP contribution in [0.15, 0.2) is 31.1 Å². The summed E-state index contributed by atoms with van der Waals surface area (Å²) in [6.45, 7) is 10.3. The summed E-state index contributed by atoms with van der Waals surface area (Å²) < 4.78 is 0. The molecule has 4 N–H and O–H groups in total. The summed E-state index contributed by atoms with van der Waals surface area (Å²) in [6.07, 6.45) is 4.94. The van der Waals surface area contributed by atoms with Crippen LogP contribution in [0, 0.1) is 6.92 Å². The summed E-state index contributed by atoms with van der Waals surface area (Å²) in [6, 6.07) is 4.00. The highest BCUT2D eigenvalue weighted by molar-refractivity contribution is 5.93. The molecule has 0 spiro atoms. The normalized spacial score (nSPS) is 11.7. The Kier molecular flexibility index (Phi) is 6.33. The van der Waals surface area contributed by atoms with Crippen molar-refractivity contribution in [3.63, 3.8) is 0 Å². The number of aromatic nitrogens is 2. The second-order valence-electron chi connectivity index (χ2n) is 6.43. The molecule has 138 valence electrons. The Labute approximate surface area is 154 Å². The molecule has 26 heavy (non-hydrogen) atoms. The minimum atomic E-state index is -0.230. The Balaban J connectivity index is 2.41. The fraction of sp³-hybridized carbons (Fsp3) is 0.350. The van der Waals surface area contributed by atoms with E-state index in [0.29, 0.717) is 23.8 Å². The van der Waals surface area contributed by atoms with E-state index in [4.69, 9.17) is 5.73 Å². The van der Waals surface area contributed by atoms with Crippen LogP contribution in [0.4, 0.5) is 5.69 Å². The van der Waals surface area contributed by atoms with Crippen LogP contribution in [0.1, 0.15) is 53.1 Å². The second-order valence-corrected chi connectivity index (χ2v) is 6.43. The van der Waals surface area contributed by atoms with E-state index in [9.17, 15) is 4.79 Å². The molecule has 0 radical (unpaired) electrons. The minimum absolute atomic E-state index is 0.230. The third-order valence-corrected chi connectivity index (χ3v) is 4.45. The summed E-state index contributed by atoms with van der Waals surface area (Å²) in [7, 11) is 1.59. The number of carbonyl (C=O) groups is 1. The highest BCUT2D eigenvalue weighted by Gasteiger charge is 2.13. The first-order valence-corrected chi connectivity index (χ1v) is 8.73.